The number of aryl methyl sites for hydroxylation is 1. The average molecular weight is 163 g/mol. The molecule has 12 heavy (non-hydrogen) atoms. The lowest BCUT2D eigenvalue weighted by molar-refractivity contribution is 0.0689. The predicted molar refractivity (Wildman–Crippen MR) is 38.4 cm³/mol. The summed E-state index contributed by atoms with van der Waals surface area (Å²) >= 11 is 0. The lowest BCUT2D eigenvalue weighted by Crippen LogP contribution is -2.06. The van der Waals surface area contributed by atoms with Gasteiger partial charge in [-0.2, -0.15) is 5.26 Å². The molecule has 0 saturated heterocycles. The third-order valence-electron chi connectivity index (χ3n) is 1.23. The highest BCUT2D eigenvalue weighted by Gasteiger charge is 2.11. The van der Waals surface area contributed by atoms with E-state index in [0.29, 0.717) is 5.82 Å². The number of nitrogens with zero attached hydrogens (tertiary/aromatic N) is 3. The van der Waals surface area contributed by atoms with Crippen LogP contribution in [0.5, 0.6) is 0 Å². The van der Waals surface area contributed by atoms with E-state index in [-0.39, 0.29) is 11.3 Å². The predicted octanol–water partition coefficient (Wildman–Crippen LogP) is 0.355. The van der Waals surface area contributed by atoms with E-state index in [2.05, 4.69) is 9.97 Å². The van der Waals surface area contributed by atoms with Gasteiger partial charge in [-0.25, -0.2) is 14.8 Å². The molecular weight excluding hydrogens is 158 g/mol. The Bertz CT molecular complexity index is 367. The van der Waals surface area contributed by atoms with Crippen LogP contribution in [0.3, 0.4) is 0 Å². The Morgan fingerprint density at radius 3 is 2.92 bits per heavy atom. The van der Waals surface area contributed by atoms with E-state index in [1.165, 1.54) is 6.20 Å². The summed E-state index contributed by atoms with van der Waals surface area (Å²) in [7, 11) is 0. The first-order valence-corrected chi connectivity index (χ1v) is 3.12. The molecule has 5 heteroatoms. The Morgan fingerprint density at radius 2 is 2.42 bits per heavy atom. The smallest absolute Gasteiger partial charge is 0.356 e. The zero-order valence-electron chi connectivity index (χ0n) is 6.27. The second-order valence-corrected chi connectivity index (χ2v) is 2.10. The second kappa shape index (κ2) is 2.96. The van der Waals surface area contributed by atoms with Gasteiger partial charge in [-0.1, -0.05) is 0 Å². The summed E-state index contributed by atoms with van der Waals surface area (Å²) in [4.78, 5) is 17.8. The van der Waals surface area contributed by atoms with E-state index >= 15 is 0 Å². The Balaban J connectivity index is 3.34. The molecule has 0 aliphatic carbocycles. The number of hydrogen-bond donors (Lipinski definition) is 1. The highest BCUT2D eigenvalue weighted by Crippen LogP contribution is 2.02. The van der Waals surface area contributed by atoms with Gasteiger partial charge in [0.1, 0.15) is 17.5 Å². The molecule has 0 aliphatic heterocycles. The molecule has 60 valence electrons. The number of rotatable bonds is 1. The Hall–Kier alpha value is -1.96. The SMILES string of the molecule is Cc1ncc(C#N)c(C(=O)O)n1. The zero-order valence-corrected chi connectivity index (χ0v) is 6.27. The summed E-state index contributed by atoms with van der Waals surface area (Å²) in [6.07, 6.45) is 1.20. The van der Waals surface area contributed by atoms with E-state index in [1.54, 1.807) is 13.0 Å². The van der Waals surface area contributed by atoms with Crippen LogP contribution in [0.25, 0.3) is 0 Å². The summed E-state index contributed by atoms with van der Waals surface area (Å²) in [5.41, 5.74) is -0.266. The van der Waals surface area contributed by atoms with Crippen LogP contribution in [0.4, 0.5) is 0 Å². The average Bonchev–Trinajstić information content (AvgIpc) is 2.04. The highest BCUT2D eigenvalue weighted by atomic mass is 16.4. The maximum absolute atomic E-state index is 10.5. The molecule has 0 fully saturated rings. The molecule has 0 aromatic carbocycles. The molecular formula is C7H5N3O2. The maximum atomic E-state index is 10.5. The lowest BCUT2D eigenvalue weighted by atomic mass is 10.2. The normalized spacial score (nSPS) is 9.00. The number of aromatic carboxylic acids is 1. The molecule has 5 nitrogen and oxygen atoms in total. The Kier molecular flexibility index (Phi) is 2.01. The van der Waals surface area contributed by atoms with Crippen LogP contribution in [0.15, 0.2) is 6.20 Å². The fourth-order valence-electron chi connectivity index (χ4n) is 0.715. The third kappa shape index (κ3) is 1.37. The van der Waals surface area contributed by atoms with Crippen molar-refractivity contribution in [2.75, 3.05) is 0 Å². The number of carbonyl (C=O) groups is 1. The molecule has 0 unspecified atom stereocenters. The van der Waals surface area contributed by atoms with Crippen LogP contribution in [-0.4, -0.2) is 21.0 Å². The summed E-state index contributed by atoms with van der Waals surface area (Å²) in [5.74, 6) is -0.872. The van der Waals surface area contributed by atoms with Gasteiger partial charge in [-0.3, -0.25) is 0 Å². The van der Waals surface area contributed by atoms with Crippen molar-refractivity contribution in [3.05, 3.63) is 23.3 Å². The van der Waals surface area contributed by atoms with Gasteiger partial charge in [-0.05, 0) is 6.92 Å². The van der Waals surface area contributed by atoms with Gasteiger partial charge in [-0.15, -0.1) is 0 Å². The van der Waals surface area contributed by atoms with Crippen molar-refractivity contribution in [3.8, 4) is 6.07 Å². The van der Waals surface area contributed by atoms with Crippen molar-refractivity contribution < 1.29 is 9.90 Å². The fourth-order valence-corrected chi connectivity index (χ4v) is 0.715. The van der Waals surface area contributed by atoms with Crippen molar-refractivity contribution in [1.82, 2.24) is 9.97 Å². The first-order valence-electron chi connectivity index (χ1n) is 3.12. The molecule has 1 rings (SSSR count). The second-order valence-electron chi connectivity index (χ2n) is 2.10. The first kappa shape index (κ1) is 8.14. The van der Waals surface area contributed by atoms with Crippen molar-refractivity contribution in [2.24, 2.45) is 0 Å². The van der Waals surface area contributed by atoms with Crippen LogP contribution in [0.1, 0.15) is 21.9 Å². The summed E-state index contributed by atoms with van der Waals surface area (Å²) in [6.45, 7) is 1.56. The quantitative estimate of drug-likeness (QED) is 0.645. The first-order chi connectivity index (χ1) is 5.65. The topological polar surface area (TPSA) is 86.9 Å². The van der Waals surface area contributed by atoms with Crippen molar-refractivity contribution in [3.63, 3.8) is 0 Å². The molecule has 0 amide bonds. The van der Waals surface area contributed by atoms with Crippen LogP contribution >= 0.6 is 0 Å². The number of aromatic nitrogens is 2. The van der Waals surface area contributed by atoms with Crippen molar-refractivity contribution >= 4 is 5.97 Å². The number of carboxylic acids is 1. The van der Waals surface area contributed by atoms with E-state index in [0.717, 1.165) is 0 Å². The third-order valence-corrected chi connectivity index (χ3v) is 1.23. The fraction of sp³-hybridized carbons (Fsp3) is 0.143. The summed E-state index contributed by atoms with van der Waals surface area (Å²) in [5, 5.41) is 17.0. The van der Waals surface area contributed by atoms with E-state index in [1.807, 2.05) is 0 Å². The van der Waals surface area contributed by atoms with E-state index < -0.39 is 5.97 Å². The highest BCUT2D eigenvalue weighted by molar-refractivity contribution is 5.88. The Labute approximate surface area is 68.3 Å². The van der Waals surface area contributed by atoms with Gasteiger partial charge in [0.05, 0.1) is 0 Å². The lowest BCUT2D eigenvalue weighted by Gasteiger charge is -1.96. The summed E-state index contributed by atoms with van der Waals surface area (Å²) in [6, 6.07) is 1.70. The number of hydrogen-bond acceptors (Lipinski definition) is 4. The van der Waals surface area contributed by atoms with Gasteiger partial charge >= 0.3 is 5.97 Å². The van der Waals surface area contributed by atoms with Gasteiger partial charge < -0.3 is 5.11 Å². The Morgan fingerprint density at radius 1 is 1.75 bits per heavy atom. The monoisotopic (exact) mass is 163 g/mol. The van der Waals surface area contributed by atoms with Crippen LogP contribution < -0.4 is 0 Å². The molecule has 0 radical (unpaired) electrons. The molecule has 1 aromatic rings. The minimum atomic E-state index is -1.21. The number of nitriles is 1. The molecule has 1 aromatic heterocycles. The minimum absolute atomic E-state index is 0.0203. The molecule has 0 saturated carbocycles. The molecule has 0 aliphatic rings. The summed E-state index contributed by atoms with van der Waals surface area (Å²) < 4.78 is 0. The van der Waals surface area contributed by atoms with Crippen LogP contribution in [-0.2, 0) is 0 Å². The van der Waals surface area contributed by atoms with Gasteiger partial charge in [0, 0.05) is 6.20 Å². The molecule has 1 N–H and O–H groups in total. The van der Waals surface area contributed by atoms with Gasteiger partial charge in [0.2, 0.25) is 0 Å². The zero-order chi connectivity index (χ0) is 9.14. The van der Waals surface area contributed by atoms with Crippen LogP contribution in [0, 0.1) is 18.3 Å². The molecule has 1 heterocycles. The number of carboxylic acid groups (broad SMARTS) is 1. The maximum Gasteiger partial charge on any atom is 0.356 e. The van der Waals surface area contributed by atoms with E-state index in [4.69, 9.17) is 10.4 Å². The van der Waals surface area contributed by atoms with Crippen LogP contribution in [0.2, 0.25) is 0 Å². The minimum Gasteiger partial charge on any atom is -0.476 e. The van der Waals surface area contributed by atoms with Crippen molar-refractivity contribution in [2.45, 2.75) is 6.92 Å². The van der Waals surface area contributed by atoms with Gasteiger partial charge in [0.15, 0.2) is 5.69 Å². The molecule has 0 atom stereocenters. The molecule has 0 spiro atoms. The van der Waals surface area contributed by atoms with Gasteiger partial charge in [0.25, 0.3) is 0 Å². The van der Waals surface area contributed by atoms with E-state index in [9.17, 15) is 4.79 Å². The largest absolute Gasteiger partial charge is 0.476 e. The molecule has 0 bridgehead atoms. The standard InChI is InChI=1S/C7H5N3O2/c1-4-9-3-5(2-8)6(10-4)7(11)12/h3H,1H3,(H,11,12). The van der Waals surface area contributed by atoms with Crippen molar-refractivity contribution in [1.29, 1.82) is 5.26 Å².